The number of fused-ring (bicyclic) bond motifs is 1. The molecular weight excluding hydrogens is 415 g/mol. The summed E-state index contributed by atoms with van der Waals surface area (Å²) < 4.78 is 4.86. The highest BCUT2D eigenvalue weighted by molar-refractivity contribution is 6.35. The molecule has 2 aromatic rings. The van der Waals surface area contributed by atoms with E-state index in [0.29, 0.717) is 29.4 Å². The van der Waals surface area contributed by atoms with Gasteiger partial charge in [-0.1, -0.05) is 43.1 Å². The summed E-state index contributed by atoms with van der Waals surface area (Å²) in [5.74, 6) is -0.259. The van der Waals surface area contributed by atoms with Crippen molar-refractivity contribution in [1.82, 2.24) is 20.2 Å². The average molecular weight is 439 g/mol. The summed E-state index contributed by atoms with van der Waals surface area (Å²) in [6.07, 6.45) is 2.71. The number of hydrogen-bond acceptors (Lipinski definition) is 4. The molecule has 0 saturated heterocycles. The predicted octanol–water partition coefficient (Wildman–Crippen LogP) is 3.96. The Bertz CT molecular complexity index is 900. The van der Waals surface area contributed by atoms with Crippen LogP contribution in [0.3, 0.4) is 0 Å². The summed E-state index contributed by atoms with van der Waals surface area (Å²) in [6, 6.07) is 3.58. The van der Waals surface area contributed by atoms with Crippen LogP contribution >= 0.6 is 23.2 Å². The fraction of sp³-hybridized carbons (Fsp3) is 0.450. The van der Waals surface area contributed by atoms with Gasteiger partial charge in [0.05, 0.1) is 19.1 Å². The van der Waals surface area contributed by atoms with Crippen molar-refractivity contribution < 1.29 is 14.3 Å². The fourth-order valence-electron chi connectivity index (χ4n) is 3.59. The van der Waals surface area contributed by atoms with Crippen LogP contribution in [0.1, 0.15) is 43.3 Å². The summed E-state index contributed by atoms with van der Waals surface area (Å²) in [7, 11) is 1.31. The zero-order valence-electron chi connectivity index (χ0n) is 16.5. The number of esters is 1. The van der Waals surface area contributed by atoms with Crippen LogP contribution in [0.5, 0.6) is 0 Å². The average Bonchev–Trinajstić information content (AvgIpc) is 3.15. The Balaban J connectivity index is 1.93. The summed E-state index contributed by atoms with van der Waals surface area (Å²) in [4.78, 5) is 34.6. The highest BCUT2D eigenvalue weighted by Crippen LogP contribution is 2.37. The Morgan fingerprint density at radius 1 is 1.38 bits per heavy atom. The summed E-state index contributed by atoms with van der Waals surface area (Å²) in [5, 5.41) is 3.78. The van der Waals surface area contributed by atoms with E-state index in [2.05, 4.69) is 15.3 Å². The van der Waals surface area contributed by atoms with Gasteiger partial charge in [-0.25, -0.2) is 14.6 Å². The number of hydrogen-bond donors (Lipinski definition) is 2. The van der Waals surface area contributed by atoms with Crippen molar-refractivity contribution >= 4 is 35.2 Å². The van der Waals surface area contributed by atoms with Crippen LogP contribution in [0.4, 0.5) is 4.79 Å². The molecule has 0 saturated carbocycles. The largest absolute Gasteiger partial charge is 0.467 e. The molecule has 0 fully saturated rings. The number of methoxy groups -OCH3 is 1. The third-order valence-electron chi connectivity index (χ3n) is 4.93. The van der Waals surface area contributed by atoms with E-state index in [1.54, 1.807) is 29.4 Å². The number of imidazole rings is 1. The van der Waals surface area contributed by atoms with E-state index in [-0.39, 0.29) is 11.9 Å². The van der Waals surface area contributed by atoms with Crippen molar-refractivity contribution in [3.8, 4) is 0 Å². The van der Waals surface area contributed by atoms with E-state index in [0.717, 1.165) is 17.0 Å². The number of nitrogens with one attached hydrogen (secondary N) is 2. The van der Waals surface area contributed by atoms with Crippen molar-refractivity contribution in [2.75, 3.05) is 13.7 Å². The lowest BCUT2D eigenvalue weighted by atomic mass is 9.95. The Labute approximate surface area is 179 Å². The van der Waals surface area contributed by atoms with Crippen LogP contribution in [0, 0.1) is 5.92 Å². The minimum Gasteiger partial charge on any atom is -0.467 e. The van der Waals surface area contributed by atoms with Gasteiger partial charge in [-0.3, -0.25) is 0 Å². The third-order valence-corrected chi connectivity index (χ3v) is 5.50. The van der Waals surface area contributed by atoms with E-state index < -0.39 is 18.1 Å². The number of H-pyrrole nitrogens is 1. The Morgan fingerprint density at radius 3 is 2.79 bits per heavy atom. The van der Waals surface area contributed by atoms with Crippen molar-refractivity contribution in [2.45, 2.75) is 38.8 Å². The van der Waals surface area contributed by atoms with Crippen LogP contribution in [0.25, 0.3) is 0 Å². The molecule has 0 spiro atoms. The molecule has 1 aliphatic heterocycles. The molecule has 2 heterocycles. The zero-order valence-corrected chi connectivity index (χ0v) is 18.0. The second-order valence-electron chi connectivity index (χ2n) is 7.43. The number of halogens is 2. The molecule has 156 valence electrons. The number of rotatable bonds is 5. The highest BCUT2D eigenvalue weighted by atomic mass is 35.5. The minimum atomic E-state index is -0.727. The first-order chi connectivity index (χ1) is 13.8. The number of ether oxygens (including phenoxy) is 1. The van der Waals surface area contributed by atoms with Gasteiger partial charge >= 0.3 is 12.0 Å². The molecule has 2 amide bonds. The molecule has 1 aromatic heterocycles. The Morgan fingerprint density at radius 2 is 2.14 bits per heavy atom. The first-order valence-electron chi connectivity index (χ1n) is 9.43. The molecule has 2 atom stereocenters. The first-order valence-corrected chi connectivity index (χ1v) is 10.2. The van der Waals surface area contributed by atoms with E-state index in [1.165, 1.54) is 7.11 Å². The molecule has 29 heavy (non-hydrogen) atoms. The molecule has 0 bridgehead atoms. The van der Waals surface area contributed by atoms with Gasteiger partial charge in [0.1, 0.15) is 12.1 Å². The number of amides is 2. The molecule has 0 aliphatic carbocycles. The lowest BCUT2D eigenvalue weighted by Gasteiger charge is -2.36. The number of aromatic nitrogens is 2. The summed E-state index contributed by atoms with van der Waals surface area (Å²) in [5.41, 5.74) is 2.41. The fourth-order valence-corrected chi connectivity index (χ4v) is 4.11. The molecule has 2 N–H and O–H groups in total. The monoisotopic (exact) mass is 438 g/mol. The zero-order chi connectivity index (χ0) is 21.1. The highest BCUT2D eigenvalue weighted by Gasteiger charge is 2.36. The number of benzene rings is 1. The molecule has 1 aliphatic rings. The van der Waals surface area contributed by atoms with E-state index in [1.807, 2.05) is 13.8 Å². The quantitative estimate of drug-likeness (QED) is 0.691. The maximum absolute atomic E-state index is 13.2. The van der Waals surface area contributed by atoms with Crippen LogP contribution in [-0.2, 0) is 16.0 Å². The SMILES string of the molecule is COC(=O)[C@H](CC(C)C)NC(=O)N1CCc2[nH]cnc2[C@@H]1c1ccc(Cl)cc1Cl. The molecular formula is C20H24Cl2N4O3. The van der Waals surface area contributed by atoms with Crippen LogP contribution < -0.4 is 5.32 Å². The second-order valence-corrected chi connectivity index (χ2v) is 8.28. The summed E-state index contributed by atoms with van der Waals surface area (Å²) >= 11 is 12.5. The van der Waals surface area contributed by atoms with Crippen molar-refractivity contribution in [3.63, 3.8) is 0 Å². The van der Waals surface area contributed by atoms with Crippen molar-refractivity contribution in [2.24, 2.45) is 5.92 Å². The van der Waals surface area contributed by atoms with Gasteiger partial charge in [0.2, 0.25) is 0 Å². The maximum atomic E-state index is 13.2. The van der Waals surface area contributed by atoms with Gasteiger partial charge in [-0.15, -0.1) is 0 Å². The van der Waals surface area contributed by atoms with Gasteiger partial charge in [-0.05, 0) is 30.0 Å². The maximum Gasteiger partial charge on any atom is 0.328 e. The lowest BCUT2D eigenvalue weighted by molar-refractivity contribution is -0.143. The number of urea groups is 1. The lowest BCUT2D eigenvalue weighted by Crippen LogP contribution is -2.51. The smallest absolute Gasteiger partial charge is 0.328 e. The topological polar surface area (TPSA) is 87.3 Å². The number of nitrogens with zero attached hydrogens (tertiary/aromatic N) is 2. The molecule has 3 rings (SSSR count). The normalized spacial score (nSPS) is 17.0. The third kappa shape index (κ3) is 4.67. The van der Waals surface area contributed by atoms with E-state index >= 15 is 0 Å². The Kier molecular flexibility index (Phi) is 6.70. The number of aromatic amines is 1. The van der Waals surface area contributed by atoms with Crippen molar-refractivity contribution in [1.29, 1.82) is 0 Å². The van der Waals surface area contributed by atoms with Gasteiger partial charge in [0, 0.05) is 28.7 Å². The molecule has 0 unspecified atom stereocenters. The van der Waals surface area contributed by atoms with E-state index in [9.17, 15) is 9.59 Å². The van der Waals surface area contributed by atoms with E-state index in [4.69, 9.17) is 27.9 Å². The van der Waals surface area contributed by atoms with Crippen molar-refractivity contribution in [3.05, 3.63) is 51.5 Å². The molecule has 1 aromatic carbocycles. The van der Waals surface area contributed by atoms with Crippen LogP contribution in [-0.4, -0.2) is 46.6 Å². The first kappa shape index (κ1) is 21.5. The Hall–Kier alpha value is -2.25. The minimum absolute atomic E-state index is 0.209. The molecule has 9 heteroatoms. The number of carbonyl (C=O) groups is 2. The van der Waals surface area contributed by atoms with Crippen LogP contribution in [0.15, 0.2) is 24.5 Å². The second kappa shape index (κ2) is 9.05. The van der Waals surface area contributed by atoms with Gasteiger partial charge in [0.25, 0.3) is 0 Å². The number of carbonyl (C=O) groups excluding carboxylic acids is 2. The van der Waals surface area contributed by atoms with Crippen LogP contribution in [0.2, 0.25) is 10.0 Å². The predicted molar refractivity (Wildman–Crippen MR) is 111 cm³/mol. The van der Waals surface area contributed by atoms with Gasteiger partial charge < -0.3 is 19.9 Å². The van der Waals surface area contributed by atoms with Gasteiger partial charge in [-0.2, -0.15) is 0 Å². The molecule has 7 nitrogen and oxygen atoms in total. The van der Waals surface area contributed by atoms with Gasteiger partial charge in [0.15, 0.2) is 0 Å². The standard InChI is InChI=1S/C20H24Cl2N4O3/c1-11(2)8-16(19(27)29-3)25-20(28)26-7-6-15-17(24-10-23-15)18(26)13-5-4-12(21)9-14(13)22/h4-5,9-11,16,18H,6-8H2,1-3H3,(H,23,24)(H,25,28)/t16-,18-/m0/s1. The summed E-state index contributed by atoms with van der Waals surface area (Å²) in [6.45, 7) is 4.41. The molecule has 0 radical (unpaired) electrons.